The van der Waals surface area contributed by atoms with Crippen molar-refractivity contribution in [3.05, 3.63) is 59.7 Å². The van der Waals surface area contributed by atoms with Crippen molar-refractivity contribution in [3.8, 4) is 11.1 Å². The number of carbonyl (C=O) groups excluding carboxylic acids is 2. The van der Waals surface area contributed by atoms with Crippen molar-refractivity contribution in [2.75, 3.05) is 33.4 Å². The maximum atomic E-state index is 12.4. The van der Waals surface area contributed by atoms with Crippen LogP contribution in [0.15, 0.2) is 48.5 Å². The lowest BCUT2D eigenvalue weighted by molar-refractivity contribution is -0.144. The van der Waals surface area contributed by atoms with Gasteiger partial charge in [-0.2, -0.15) is 0 Å². The van der Waals surface area contributed by atoms with Crippen molar-refractivity contribution < 1.29 is 29.0 Å². The molecule has 3 rings (SSSR count). The predicted molar refractivity (Wildman–Crippen MR) is 128 cm³/mol. The molecule has 34 heavy (non-hydrogen) atoms. The largest absolute Gasteiger partial charge is 0.480 e. The van der Waals surface area contributed by atoms with Crippen LogP contribution in [0.1, 0.15) is 43.2 Å². The maximum absolute atomic E-state index is 12.4. The molecule has 1 aliphatic rings. The number of methoxy groups -OCH3 is 1. The Kier molecular flexibility index (Phi) is 9.04. The summed E-state index contributed by atoms with van der Waals surface area (Å²) in [5.74, 6) is -1.30. The summed E-state index contributed by atoms with van der Waals surface area (Å²) in [5, 5.41) is 11.8. The van der Waals surface area contributed by atoms with Gasteiger partial charge >= 0.3 is 12.1 Å². The molecule has 0 spiro atoms. The summed E-state index contributed by atoms with van der Waals surface area (Å²) in [4.78, 5) is 37.0. The molecule has 8 nitrogen and oxygen atoms in total. The first kappa shape index (κ1) is 25.2. The highest BCUT2D eigenvalue weighted by atomic mass is 16.5. The van der Waals surface area contributed by atoms with Gasteiger partial charge in [0.05, 0.1) is 6.61 Å². The highest BCUT2D eigenvalue weighted by Gasteiger charge is 2.29. The summed E-state index contributed by atoms with van der Waals surface area (Å²) in [7, 11) is 1.50. The molecule has 1 aliphatic carbocycles. The van der Waals surface area contributed by atoms with Crippen molar-refractivity contribution in [1.82, 2.24) is 10.2 Å². The Bertz CT molecular complexity index is 963. The number of fused-ring (bicyclic) bond motifs is 3. The minimum atomic E-state index is -1.06. The monoisotopic (exact) mass is 468 g/mol. The van der Waals surface area contributed by atoms with Crippen LogP contribution in [0.4, 0.5) is 4.79 Å². The number of ether oxygens (including phenoxy) is 2. The van der Waals surface area contributed by atoms with Crippen molar-refractivity contribution in [2.45, 2.75) is 38.1 Å². The summed E-state index contributed by atoms with van der Waals surface area (Å²) in [6, 6.07) is 16.1. The Labute approximate surface area is 199 Å². The standard InChI is InChI=1S/C26H32N2O6/c1-18(8-7-13-24(29)28(14-15-33-2)16-25(30)31)27-26(32)34-17-23-21-11-5-3-9-19(21)20-10-4-6-12-22(20)23/h3-6,9-12,18,23H,7-8,13-17H2,1-2H3,(H,27,32)(H,30,31). The van der Waals surface area contributed by atoms with Gasteiger partial charge in [0.15, 0.2) is 0 Å². The Hall–Kier alpha value is -3.39. The third-order valence-corrected chi connectivity index (χ3v) is 5.98. The molecule has 1 atom stereocenters. The maximum Gasteiger partial charge on any atom is 0.407 e. The van der Waals surface area contributed by atoms with E-state index in [1.807, 2.05) is 31.2 Å². The third kappa shape index (κ3) is 6.57. The van der Waals surface area contributed by atoms with Crippen LogP contribution in [0.5, 0.6) is 0 Å². The van der Waals surface area contributed by atoms with Gasteiger partial charge < -0.3 is 24.8 Å². The summed E-state index contributed by atoms with van der Waals surface area (Å²) in [5.41, 5.74) is 4.66. The zero-order valence-corrected chi connectivity index (χ0v) is 19.7. The summed E-state index contributed by atoms with van der Waals surface area (Å²) < 4.78 is 10.5. The van der Waals surface area contributed by atoms with Crippen molar-refractivity contribution in [3.63, 3.8) is 0 Å². The van der Waals surface area contributed by atoms with E-state index in [2.05, 4.69) is 29.6 Å². The van der Waals surface area contributed by atoms with E-state index in [0.717, 1.165) is 11.1 Å². The molecule has 2 N–H and O–H groups in total. The molecular weight excluding hydrogens is 436 g/mol. The van der Waals surface area contributed by atoms with E-state index in [4.69, 9.17) is 14.6 Å². The predicted octanol–water partition coefficient (Wildman–Crippen LogP) is 3.64. The van der Waals surface area contributed by atoms with Crippen molar-refractivity contribution >= 4 is 18.0 Å². The lowest BCUT2D eigenvalue weighted by Crippen LogP contribution is -2.38. The number of aliphatic carboxylic acids is 1. The van der Waals surface area contributed by atoms with Crippen LogP contribution in [0.25, 0.3) is 11.1 Å². The first-order valence-corrected chi connectivity index (χ1v) is 11.5. The zero-order chi connectivity index (χ0) is 24.5. The molecule has 0 aromatic heterocycles. The topological polar surface area (TPSA) is 105 Å². The number of benzene rings is 2. The molecule has 0 bridgehead atoms. The van der Waals surface area contributed by atoms with Crippen LogP contribution in [0.2, 0.25) is 0 Å². The van der Waals surface area contributed by atoms with Crippen LogP contribution in [0.3, 0.4) is 0 Å². The number of carboxylic acid groups (broad SMARTS) is 1. The summed E-state index contributed by atoms with van der Waals surface area (Å²) in [6.07, 6.45) is 0.801. The van der Waals surface area contributed by atoms with Crippen LogP contribution in [-0.2, 0) is 19.1 Å². The number of nitrogens with one attached hydrogen (secondary N) is 1. The Morgan fingerprint density at radius 3 is 2.26 bits per heavy atom. The van der Waals surface area contributed by atoms with E-state index in [0.29, 0.717) is 12.8 Å². The molecule has 8 heteroatoms. The van der Waals surface area contributed by atoms with E-state index < -0.39 is 12.1 Å². The average molecular weight is 469 g/mol. The van der Waals surface area contributed by atoms with Crippen LogP contribution < -0.4 is 5.32 Å². The molecule has 0 heterocycles. The molecule has 2 aromatic rings. The highest BCUT2D eigenvalue weighted by Crippen LogP contribution is 2.44. The first-order valence-electron chi connectivity index (χ1n) is 11.5. The quantitative estimate of drug-likeness (QED) is 0.493. The molecule has 0 saturated heterocycles. The van der Waals surface area contributed by atoms with Gasteiger partial charge in [-0.05, 0) is 42.0 Å². The molecule has 182 valence electrons. The lowest BCUT2D eigenvalue weighted by atomic mass is 9.98. The fourth-order valence-corrected chi connectivity index (χ4v) is 4.29. The molecular formula is C26H32N2O6. The fourth-order valence-electron chi connectivity index (χ4n) is 4.29. The lowest BCUT2D eigenvalue weighted by Gasteiger charge is -2.21. The SMILES string of the molecule is COCCN(CC(=O)O)C(=O)CCCC(C)NC(=O)OCC1c2ccccc2-c2ccccc21. The fraction of sp³-hybridized carbons (Fsp3) is 0.423. The van der Waals surface area contributed by atoms with E-state index in [1.54, 1.807) is 0 Å². The number of alkyl carbamates (subject to hydrolysis) is 1. The van der Waals surface area contributed by atoms with Gasteiger partial charge in [0.25, 0.3) is 0 Å². The smallest absolute Gasteiger partial charge is 0.407 e. The molecule has 0 fully saturated rings. The Morgan fingerprint density at radius 2 is 1.68 bits per heavy atom. The molecule has 0 aliphatic heterocycles. The molecule has 2 aromatic carbocycles. The van der Waals surface area contributed by atoms with Gasteiger partial charge in [-0.15, -0.1) is 0 Å². The number of rotatable bonds is 12. The van der Waals surface area contributed by atoms with E-state index in [-0.39, 0.29) is 50.6 Å². The third-order valence-electron chi connectivity index (χ3n) is 5.98. The van der Waals surface area contributed by atoms with E-state index in [9.17, 15) is 14.4 Å². The van der Waals surface area contributed by atoms with Gasteiger partial charge in [0.1, 0.15) is 13.2 Å². The normalized spacial score (nSPS) is 13.0. The Morgan fingerprint density at radius 1 is 1.06 bits per heavy atom. The summed E-state index contributed by atoms with van der Waals surface area (Å²) >= 11 is 0. The second kappa shape index (κ2) is 12.2. The van der Waals surface area contributed by atoms with Crippen LogP contribution >= 0.6 is 0 Å². The molecule has 2 amide bonds. The minimum absolute atomic E-state index is 0.00149. The van der Waals surface area contributed by atoms with E-state index in [1.165, 1.54) is 23.1 Å². The van der Waals surface area contributed by atoms with Gasteiger partial charge in [-0.3, -0.25) is 9.59 Å². The second-order valence-corrected chi connectivity index (χ2v) is 8.46. The number of hydrogen-bond donors (Lipinski definition) is 2. The molecule has 1 unspecified atom stereocenters. The van der Waals surface area contributed by atoms with Gasteiger partial charge in [-0.1, -0.05) is 48.5 Å². The van der Waals surface area contributed by atoms with Gasteiger partial charge in [0, 0.05) is 32.0 Å². The minimum Gasteiger partial charge on any atom is -0.480 e. The van der Waals surface area contributed by atoms with Gasteiger partial charge in [-0.25, -0.2) is 4.79 Å². The second-order valence-electron chi connectivity index (χ2n) is 8.46. The number of carbonyl (C=O) groups is 3. The van der Waals surface area contributed by atoms with Gasteiger partial charge in [0.2, 0.25) is 5.91 Å². The summed E-state index contributed by atoms with van der Waals surface area (Å²) in [6.45, 7) is 2.25. The number of hydrogen-bond acceptors (Lipinski definition) is 5. The van der Waals surface area contributed by atoms with Crippen LogP contribution in [-0.4, -0.2) is 67.4 Å². The zero-order valence-electron chi connectivity index (χ0n) is 19.7. The Balaban J connectivity index is 1.44. The number of carboxylic acids is 1. The molecule has 0 radical (unpaired) electrons. The van der Waals surface area contributed by atoms with E-state index >= 15 is 0 Å². The van der Waals surface area contributed by atoms with Crippen LogP contribution in [0, 0.1) is 0 Å². The van der Waals surface area contributed by atoms with Crippen molar-refractivity contribution in [2.24, 2.45) is 0 Å². The van der Waals surface area contributed by atoms with Crippen molar-refractivity contribution in [1.29, 1.82) is 0 Å². The number of nitrogens with zero attached hydrogens (tertiary/aromatic N) is 1. The number of amides is 2. The molecule has 0 saturated carbocycles. The average Bonchev–Trinajstić information content (AvgIpc) is 3.14. The highest BCUT2D eigenvalue weighted by molar-refractivity contribution is 5.81. The first-order chi connectivity index (χ1) is 16.4.